The molecule has 7 nitrogen and oxygen atoms in total. The van der Waals surface area contributed by atoms with Crippen molar-refractivity contribution in [1.29, 1.82) is 0 Å². The number of carbonyl (C=O) groups is 1. The summed E-state index contributed by atoms with van der Waals surface area (Å²) in [7, 11) is -3.81. The van der Waals surface area contributed by atoms with Crippen LogP contribution in [0.25, 0.3) is 0 Å². The van der Waals surface area contributed by atoms with E-state index in [1.165, 1.54) is 4.31 Å². The summed E-state index contributed by atoms with van der Waals surface area (Å²) in [6.07, 6.45) is 4.97. The van der Waals surface area contributed by atoms with E-state index in [1.807, 2.05) is 0 Å². The monoisotopic (exact) mass is 313 g/mol. The van der Waals surface area contributed by atoms with Gasteiger partial charge in [-0.2, -0.15) is 9.40 Å². The number of aromatic amines is 1. The Hall–Kier alpha value is -1.41. The number of H-pyrrole nitrogens is 1. The summed E-state index contributed by atoms with van der Waals surface area (Å²) in [4.78, 5) is 11.0. The molecule has 0 bridgehead atoms. The Bertz CT molecular complexity index is 667. The van der Waals surface area contributed by atoms with E-state index in [0.29, 0.717) is 12.5 Å². The van der Waals surface area contributed by atoms with Crippen LogP contribution < -0.4 is 0 Å². The Kier molecular flexibility index (Phi) is 3.53. The van der Waals surface area contributed by atoms with Crippen LogP contribution in [0.5, 0.6) is 0 Å². The van der Waals surface area contributed by atoms with Crippen molar-refractivity contribution in [3.8, 4) is 0 Å². The Labute approximate surface area is 123 Å². The standard InChI is InChI=1S/C13H19N3O4S/c1-8-12(11(13(17)18)15-14-8)21(19,20)16-7-6-9-4-2-3-5-10(9)16/h9-10H,2-7H2,1H3,(H,14,15)(H,17,18). The van der Waals surface area contributed by atoms with Crippen LogP contribution in [0, 0.1) is 12.8 Å². The highest BCUT2D eigenvalue weighted by Gasteiger charge is 2.44. The number of sulfonamides is 1. The molecule has 0 spiro atoms. The molecule has 2 fully saturated rings. The third-order valence-electron chi connectivity index (χ3n) is 4.62. The van der Waals surface area contributed by atoms with Crippen LogP contribution in [-0.4, -0.2) is 46.6 Å². The normalized spacial score (nSPS) is 26.7. The van der Waals surface area contributed by atoms with Crippen LogP contribution in [0.3, 0.4) is 0 Å². The number of rotatable bonds is 3. The molecule has 2 atom stereocenters. The first-order chi connectivity index (χ1) is 9.93. The average molecular weight is 313 g/mol. The van der Waals surface area contributed by atoms with Crippen molar-refractivity contribution in [2.75, 3.05) is 6.54 Å². The van der Waals surface area contributed by atoms with Gasteiger partial charge in [-0.25, -0.2) is 13.2 Å². The predicted octanol–water partition coefficient (Wildman–Crippen LogP) is 1.37. The quantitative estimate of drug-likeness (QED) is 0.877. The van der Waals surface area contributed by atoms with Gasteiger partial charge < -0.3 is 5.11 Å². The number of aromatic nitrogens is 2. The van der Waals surface area contributed by atoms with Crippen molar-refractivity contribution >= 4 is 16.0 Å². The van der Waals surface area contributed by atoms with Crippen molar-refractivity contribution in [2.24, 2.45) is 5.92 Å². The lowest BCUT2D eigenvalue weighted by molar-refractivity contribution is 0.0686. The highest BCUT2D eigenvalue weighted by atomic mass is 32.2. The van der Waals surface area contributed by atoms with Gasteiger partial charge in [0.05, 0.1) is 5.69 Å². The molecule has 2 aliphatic rings. The lowest BCUT2D eigenvalue weighted by Crippen LogP contribution is -2.39. The molecule has 3 rings (SSSR count). The molecule has 1 aromatic rings. The zero-order chi connectivity index (χ0) is 15.2. The van der Waals surface area contributed by atoms with E-state index in [9.17, 15) is 13.2 Å². The van der Waals surface area contributed by atoms with Crippen LogP contribution in [0.15, 0.2) is 4.90 Å². The molecule has 1 saturated carbocycles. The molecule has 116 valence electrons. The molecule has 2 N–H and O–H groups in total. The number of aromatic carboxylic acids is 1. The summed E-state index contributed by atoms with van der Waals surface area (Å²) in [5.74, 6) is -0.911. The van der Waals surface area contributed by atoms with Gasteiger partial charge in [-0.1, -0.05) is 12.8 Å². The number of fused-ring (bicyclic) bond motifs is 1. The number of aryl methyl sites for hydroxylation is 1. The van der Waals surface area contributed by atoms with Crippen LogP contribution in [0.1, 0.15) is 48.3 Å². The van der Waals surface area contributed by atoms with Crippen molar-refractivity contribution in [3.63, 3.8) is 0 Å². The van der Waals surface area contributed by atoms with Gasteiger partial charge in [0.1, 0.15) is 4.90 Å². The van der Waals surface area contributed by atoms with Crippen LogP contribution >= 0.6 is 0 Å². The van der Waals surface area contributed by atoms with Gasteiger partial charge in [-0.15, -0.1) is 0 Å². The number of hydrogen-bond acceptors (Lipinski definition) is 4. The molecule has 21 heavy (non-hydrogen) atoms. The lowest BCUT2D eigenvalue weighted by Gasteiger charge is -2.30. The Morgan fingerprint density at radius 2 is 2.05 bits per heavy atom. The van der Waals surface area contributed by atoms with Gasteiger partial charge in [0, 0.05) is 12.6 Å². The molecule has 2 heterocycles. The molecular weight excluding hydrogens is 294 g/mol. The van der Waals surface area contributed by atoms with Crippen molar-refractivity contribution in [2.45, 2.75) is 50.0 Å². The molecular formula is C13H19N3O4S. The van der Waals surface area contributed by atoms with E-state index >= 15 is 0 Å². The fourth-order valence-corrected chi connectivity index (χ4v) is 5.68. The lowest BCUT2D eigenvalue weighted by atomic mass is 9.86. The zero-order valence-corrected chi connectivity index (χ0v) is 12.7. The second-order valence-corrected chi connectivity index (χ2v) is 7.68. The Morgan fingerprint density at radius 3 is 2.76 bits per heavy atom. The summed E-state index contributed by atoms with van der Waals surface area (Å²) in [5, 5.41) is 15.3. The Morgan fingerprint density at radius 1 is 1.33 bits per heavy atom. The molecule has 0 amide bonds. The minimum atomic E-state index is -3.81. The predicted molar refractivity (Wildman–Crippen MR) is 74.5 cm³/mol. The van der Waals surface area contributed by atoms with Crippen molar-refractivity contribution < 1.29 is 18.3 Å². The maximum Gasteiger partial charge on any atom is 0.357 e. The summed E-state index contributed by atoms with van der Waals surface area (Å²) >= 11 is 0. The number of hydrogen-bond donors (Lipinski definition) is 2. The fourth-order valence-electron chi connectivity index (χ4n) is 3.66. The summed E-state index contributed by atoms with van der Waals surface area (Å²) in [6.45, 7) is 2.02. The first kappa shape index (κ1) is 14.5. The van der Waals surface area contributed by atoms with Gasteiger partial charge in [0.2, 0.25) is 10.0 Å². The molecule has 2 unspecified atom stereocenters. The van der Waals surface area contributed by atoms with Gasteiger partial charge in [0.15, 0.2) is 5.69 Å². The number of nitrogens with one attached hydrogen (secondary N) is 1. The number of carboxylic acid groups (broad SMARTS) is 1. The topological polar surface area (TPSA) is 103 Å². The average Bonchev–Trinajstić information content (AvgIpc) is 3.02. The summed E-state index contributed by atoms with van der Waals surface area (Å²) < 4.78 is 27.3. The summed E-state index contributed by atoms with van der Waals surface area (Å²) in [6, 6.07) is 0.0136. The minimum Gasteiger partial charge on any atom is -0.476 e. The van der Waals surface area contributed by atoms with E-state index in [4.69, 9.17) is 5.11 Å². The number of nitrogens with zero attached hydrogens (tertiary/aromatic N) is 2. The van der Waals surface area contributed by atoms with E-state index < -0.39 is 21.7 Å². The SMILES string of the molecule is Cc1[nH]nc(C(=O)O)c1S(=O)(=O)N1CCC2CCCCC21. The second kappa shape index (κ2) is 5.10. The van der Waals surface area contributed by atoms with Crippen LogP contribution in [0.2, 0.25) is 0 Å². The van der Waals surface area contributed by atoms with Crippen molar-refractivity contribution in [3.05, 3.63) is 11.4 Å². The third kappa shape index (κ3) is 2.26. The van der Waals surface area contributed by atoms with E-state index in [1.54, 1.807) is 6.92 Å². The zero-order valence-electron chi connectivity index (χ0n) is 11.9. The third-order valence-corrected chi connectivity index (χ3v) is 6.71. The molecule has 1 aromatic heterocycles. The van der Waals surface area contributed by atoms with E-state index in [0.717, 1.165) is 32.1 Å². The molecule has 8 heteroatoms. The number of carboxylic acids is 1. The van der Waals surface area contributed by atoms with Crippen LogP contribution in [-0.2, 0) is 10.0 Å². The molecule has 1 aliphatic carbocycles. The largest absolute Gasteiger partial charge is 0.476 e. The highest BCUT2D eigenvalue weighted by molar-refractivity contribution is 7.89. The van der Waals surface area contributed by atoms with Gasteiger partial charge in [0.25, 0.3) is 0 Å². The van der Waals surface area contributed by atoms with E-state index in [2.05, 4.69) is 10.2 Å². The first-order valence-electron chi connectivity index (χ1n) is 7.23. The van der Waals surface area contributed by atoms with Gasteiger partial charge in [-0.3, -0.25) is 5.10 Å². The Balaban J connectivity index is 2.01. The molecule has 1 aliphatic heterocycles. The molecule has 0 aromatic carbocycles. The fraction of sp³-hybridized carbons (Fsp3) is 0.692. The smallest absolute Gasteiger partial charge is 0.357 e. The highest BCUT2D eigenvalue weighted by Crippen LogP contribution is 2.39. The summed E-state index contributed by atoms with van der Waals surface area (Å²) in [5.41, 5.74) is -0.126. The van der Waals surface area contributed by atoms with Crippen molar-refractivity contribution in [1.82, 2.24) is 14.5 Å². The van der Waals surface area contributed by atoms with E-state index in [-0.39, 0.29) is 16.6 Å². The second-order valence-electron chi connectivity index (χ2n) is 5.85. The van der Waals surface area contributed by atoms with Gasteiger partial charge in [-0.05, 0) is 32.1 Å². The molecule has 1 saturated heterocycles. The maximum atomic E-state index is 12.9. The van der Waals surface area contributed by atoms with Gasteiger partial charge >= 0.3 is 5.97 Å². The van der Waals surface area contributed by atoms with Crippen LogP contribution in [0.4, 0.5) is 0 Å². The first-order valence-corrected chi connectivity index (χ1v) is 8.67. The minimum absolute atomic E-state index is 0.0136. The maximum absolute atomic E-state index is 12.9. The molecule has 0 radical (unpaired) electrons.